The van der Waals surface area contributed by atoms with Gasteiger partial charge in [-0.25, -0.2) is 0 Å². The van der Waals surface area contributed by atoms with E-state index in [4.69, 9.17) is 9.98 Å². The van der Waals surface area contributed by atoms with E-state index in [9.17, 15) is 0 Å². The Morgan fingerprint density at radius 3 is 2.30 bits per heavy atom. The van der Waals surface area contributed by atoms with Crippen molar-refractivity contribution in [3.8, 4) is 11.1 Å². The van der Waals surface area contributed by atoms with Crippen molar-refractivity contribution in [2.45, 2.75) is 65.3 Å². The normalized spacial score (nSPS) is 23.7. The summed E-state index contributed by atoms with van der Waals surface area (Å²) in [4.78, 5) is 10.0. The van der Waals surface area contributed by atoms with Crippen LogP contribution in [-0.2, 0) is 12.8 Å². The second-order valence-corrected chi connectivity index (χ2v) is 10.2. The summed E-state index contributed by atoms with van der Waals surface area (Å²) in [6, 6.07) is 14.7. The Morgan fingerprint density at radius 1 is 0.800 bits per heavy atom. The molecule has 4 aliphatic rings. The molecule has 0 spiro atoms. The number of nitrogens with zero attached hydrogens (tertiary/aromatic N) is 2. The number of fused-ring (bicyclic) bond motifs is 5. The first-order chi connectivity index (χ1) is 14.5. The van der Waals surface area contributed by atoms with Gasteiger partial charge in [0.2, 0.25) is 0 Å². The third-order valence-electron chi connectivity index (χ3n) is 7.64. The third-order valence-corrected chi connectivity index (χ3v) is 7.64. The lowest BCUT2D eigenvalue weighted by Crippen LogP contribution is -2.06. The summed E-state index contributed by atoms with van der Waals surface area (Å²) < 4.78 is 0. The quantitative estimate of drug-likeness (QED) is 0.558. The SMILES string of the molecule is CC(C)C1=NC2=C(C1)c1ccc(-c3ccc4c(c3)CC3N=C(C(C)C)CC43)cc1C2. The number of aliphatic imine (C=N–C) groups is 2. The van der Waals surface area contributed by atoms with Gasteiger partial charge in [-0.05, 0) is 63.6 Å². The molecule has 2 aliphatic carbocycles. The Kier molecular flexibility index (Phi) is 3.97. The van der Waals surface area contributed by atoms with Crippen LogP contribution in [0.4, 0.5) is 0 Å². The lowest BCUT2D eigenvalue weighted by atomic mass is 9.91. The van der Waals surface area contributed by atoms with Gasteiger partial charge >= 0.3 is 0 Å². The fourth-order valence-electron chi connectivity index (χ4n) is 5.84. The molecule has 0 bridgehead atoms. The summed E-state index contributed by atoms with van der Waals surface area (Å²) in [7, 11) is 0. The summed E-state index contributed by atoms with van der Waals surface area (Å²) in [5, 5.41) is 0. The zero-order valence-electron chi connectivity index (χ0n) is 18.5. The van der Waals surface area contributed by atoms with Crippen LogP contribution >= 0.6 is 0 Å². The highest BCUT2D eigenvalue weighted by molar-refractivity contribution is 6.02. The van der Waals surface area contributed by atoms with Crippen molar-refractivity contribution in [3.05, 3.63) is 64.3 Å². The lowest BCUT2D eigenvalue weighted by Gasteiger charge is -2.13. The standard InChI is InChI=1S/C28H30N2/c1-15(2)25-13-23-21-7-5-17(9-19(21)11-27(23)29-25)18-6-8-22-20(10-18)12-28-24(22)14-26(30-28)16(3)4/h5-10,15-16,23,27H,11-14H2,1-4H3. The fraction of sp³-hybridized carbons (Fsp3) is 0.429. The van der Waals surface area contributed by atoms with Gasteiger partial charge in [-0.3, -0.25) is 9.98 Å². The highest BCUT2D eigenvalue weighted by atomic mass is 14.9. The van der Waals surface area contributed by atoms with Crippen LogP contribution in [0, 0.1) is 11.8 Å². The Balaban J connectivity index is 1.27. The van der Waals surface area contributed by atoms with E-state index in [1.165, 1.54) is 50.5 Å². The first-order valence-corrected chi connectivity index (χ1v) is 11.6. The molecule has 152 valence electrons. The summed E-state index contributed by atoms with van der Waals surface area (Å²) in [5.41, 5.74) is 14.2. The molecule has 0 N–H and O–H groups in total. The van der Waals surface area contributed by atoms with Gasteiger partial charge in [0, 0.05) is 35.9 Å². The van der Waals surface area contributed by atoms with Crippen molar-refractivity contribution in [1.29, 1.82) is 0 Å². The molecule has 0 aromatic heterocycles. The van der Waals surface area contributed by atoms with E-state index in [0.29, 0.717) is 23.8 Å². The molecule has 0 amide bonds. The van der Waals surface area contributed by atoms with Gasteiger partial charge in [0.1, 0.15) is 0 Å². The smallest absolute Gasteiger partial charge is 0.0611 e. The largest absolute Gasteiger partial charge is 0.290 e. The molecule has 2 atom stereocenters. The lowest BCUT2D eigenvalue weighted by molar-refractivity contribution is 0.632. The van der Waals surface area contributed by atoms with Gasteiger partial charge in [0.15, 0.2) is 0 Å². The molecule has 0 radical (unpaired) electrons. The molecular weight excluding hydrogens is 364 g/mol. The van der Waals surface area contributed by atoms with Crippen molar-refractivity contribution >= 4 is 17.0 Å². The minimum Gasteiger partial charge on any atom is -0.290 e. The first kappa shape index (κ1) is 18.3. The number of hydrogen-bond donors (Lipinski definition) is 0. The van der Waals surface area contributed by atoms with Crippen molar-refractivity contribution in [3.63, 3.8) is 0 Å². The zero-order chi connectivity index (χ0) is 20.6. The molecule has 0 saturated heterocycles. The second kappa shape index (κ2) is 6.51. The molecule has 0 fully saturated rings. The van der Waals surface area contributed by atoms with Gasteiger partial charge in [0.05, 0.1) is 6.04 Å². The van der Waals surface area contributed by atoms with Crippen molar-refractivity contribution in [2.24, 2.45) is 21.8 Å². The third kappa shape index (κ3) is 2.69. The predicted molar refractivity (Wildman–Crippen MR) is 127 cm³/mol. The molecule has 0 saturated carbocycles. The van der Waals surface area contributed by atoms with E-state index in [1.54, 1.807) is 5.56 Å². The molecular formula is C28H30N2. The van der Waals surface area contributed by atoms with Gasteiger partial charge in [-0.1, -0.05) is 64.1 Å². The Bertz CT molecular complexity index is 1140. The van der Waals surface area contributed by atoms with Crippen LogP contribution in [0.5, 0.6) is 0 Å². The van der Waals surface area contributed by atoms with Crippen LogP contribution in [0.15, 0.2) is 52.1 Å². The number of rotatable bonds is 3. The topological polar surface area (TPSA) is 24.7 Å². The molecule has 2 aromatic carbocycles. The van der Waals surface area contributed by atoms with Gasteiger partial charge in [-0.15, -0.1) is 0 Å². The Hall–Kier alpha value is -2.48. The minimum atomic E-state index is 0.480. The fourth-order valence-corrected chi connectivity index (χ4v) is 5.84. The average Bonchev–Trinajstić information content (AvgIpc) is 3.44. The predicted octanol–water partition coefficient (Wildman–Crippen LogP) is 6.63. The summed E-state index contributed by atoms with van der Waals surface area (Å²) >= 11 is 0. The molecule has 2 unspecified atom stereocenters. The molecule has 6 rings (SSSR count). The maximum Gasteiger partial charge on any atom is 0.0611 e. The zero-order valence-corrected chi connectivity index (χ0v) is 18.5. The molecule has 2 nitrogen and oxygen atoms in total. The van der Waals surface area contributed by atoms with E-state index < -0.39 is 0 Å². The monoisotopic (exact) mass is 394 g/mol. The van der Waals surface area contributed by atoms with Gasteiger partial charge in [-0.2, -0.15) is 0 Å². The van der Waals surface area contributed by atoms with Crippen LogP contribution in [0.2, 0.25) is 0 Å². The van der Waals surface area contributed by atoms with E-state index >= 15 is 0 Å². The Morgan fingerprint density at radius 2 is 1.53 bits per heavy atom. The Labute approximate surface area is 179 Å². The summed E-state index contributed by atoms with van der Waals surface area (Å²) in [6.45, 7) is 9.05. The minimum absolute atomic E-state index is 0.480. The van der Waals surface area contributed by atoms with Crippen LogP contribution in [-0.4, -0.2) is 17.5 Å². The molecule has 2 aliphatic heterocycles. The van der Waals surface area contributed by atoms with Gasteiger partial charge in [0.25, 0.3) is 0 Å². The van der Waals surface area contributed by atoms with E-state index in [0.717, 1.165) is 25.7 Å². The number of benzene rings is 2. The van der Waals surface area contributed by atoms with Crippen molar-refractivity contribution in [1.82, 2.24) is 0 Å². The molecule has 30 heavy (non-hydrogen) atoms. The second-order valence-electron chi connectivity index (χ2n) is 10.2. The molecule has 2 heterocycles. The molecule has 2 aromatic rings. The highest BCUT2D eigenvalue weighted by Crippen LogP contribution is 2.45. The maximum absolute atomic E-state index is 5.06. The van der Waals surface area contributed by atoms with Crippen LogP contribution in [0.1, 0.15) is 68.7 Å². The van der Waals surface area contributed by atoms with E-state index in [1.807, 2.05) is 0 Å². The highest BCUT2D eigenvalue weighted by Gasteiger charge is 2.38. The maximum atomic E-state index is 5.06. The van der Waals surface area contributed by atoms with Crippen LogP contribution < -0.4 is 0 Å². The number of hydrogen-bond acceptors (Lipinski definition) is 2. The van der Waals surface area contributed by atoms with Crippen molar-refractivity contribution in [2.75, 3.05) is 0 Å². The van der Waals surface area contributed by atoms with Crippen LogP contribution in [0.25, 0.3) is 16.7 Å². The van der Waals surface area contributed by atoms with Crippen LogP contribution in [0.3, 0.4) is 0 Å². The van der Waals surface area contributed by atoms with Crippen molar-refractivity contribution < 1.29 is 0 Å². The molecule has 2 heteroatoms. The van der Waals surface area contributed by atoms with E-state index in [2.05, 4.69) is 64.1 Å². The number of allylic oxidation sites excluding steroid dienone is 2. The first-order valence-electron chi connectivity index (χ1n) is 11.6. The average molecular weight is 395 g/mol. The summed E-state index contributed by atoms with van der Waals surface area (Å²) in [6.07, 6.45) is 4.30. The van der Waals surface area contributed by atoms with Gasteiger partial charge < -0.3 is 0 Å². The van der Waals surface area contributed by atoms with E-state index in [-0.39, 0.29) is 0 Å². The summed E-state index contributed by atoms with van der Waals surface area (Å²) in [5.74, 6) is 1.75.